The molecule has 4 nitrogen and oxygen atoms in total. The predicted octanol–water partition coefficient (Wildman–Crippen LogP) is 2.69. The van der Waals surface area contributed by atoms with Gasteiger partial charge in [0, 0.05) is 6.54 Å². The minimum atomic E-state index is 0.653. The lowest BCUT2D eigenvalue weighted by molar-refractivity contribution is 0.548. The van der Waals surface area contributed by atoms with Crippen LogP contribution in [-0.2, 0) is 13.1 Å². The molecule has 1 aromatic heterocycles. The van der Waals surface area contributed by atoms with E-state index >= 15 is 0 Å². The van der Waals surface area contributed by atoms with E-state index in [0.717, 1.165) is 25.3 Å². The van der Waals surface area contributed by atoms with Crippen molar-refractivity contribution in [2.45, 2.75) is 40.8 Å². The summed E-state index contributed by atoms with van der Waals surface area (Å²) >= 11 is 0. The van der Waals surface area contributed by atoms with Gasteiger partial charge in [-0.3, -0.25) is 0 Å². The molecule has 1 aromatic carbocycles. The molecule has 1 N–H and O–H groups in total. The number of nitrogens with one attached hydrogen (secondary N) is 1. The van der Waals surface area contributed by atoms with Crippen LogP contribution in [0.4, 0.5) is 0 Å². The molecule has 2 rings (SSSR count). The van der Waals surface area contributed by atoms with Crippen molar-refractivity contribution < 1.29 is 0 Å². The molecule has 2 aromatic rings. The molecular formula is C16H24N4. The number of rotatable bonds is 6. The highest BCUT2D eigenvalue weighted by molar-refractivity contribution is 5.30. The van der Waals surface area contributed by atoms with E-state index in [1.54, 1.807) is 0 Å². The van der Waals surface area contributed by atoms with Crippen LogP contribution >= 0.6 is 0 Å². The minimum Gasteiger partial charge on any atom is -0.311 e. The molecule has 1 heterocycles. The molecule has 0 atom stereocenters. The molecule has 0 radical (unpaired) electrons. The fourth-order valence-electron chi connectivity index (χ4n) is 2.13. The summed E-state index contributed by atoms with van der Waals surface area (Å²) in [6.45, 7) is 11.2. The number of hydrogen-bond acceptors (Lipinski definition) is 3. The quantitative estimate of drug-likeness (QED) is 0.879. The summed E-state index contributed by atoms with van der Waals surface area (Å²) in [5.41, 5.74) is 4.88. The van der Waals surface area contributed by atoms with Gasteiger partial charge in [-0.2, -0.15) is 0 Å². The molecule has 0 aliphatic rings. The number of benzene rings is 1. The van der Waals surface area contributed by atoms with E-state index in [0.29, 0.717) is 5.92 Å². The van der Waals surface area contributed by atoms with E-state index < -0.39 is 0 Å². The normalized spacial score (nSPS) is 11.2. The molecule has 4 heteroatoms. The topological polar surface area (TPSA) is 42.7 Å². The molecule has 0 fully saturated rings. The largest absolute Gasteiger partial charge is 0.311 e. The Morgan fingerprint density at radius 2 is 2.05 bits per heavy atom. The summed E-state index contributed by atoms with van der Waals surface area (Å²) in [5, 5.41) is 11.8. The lowest BCUT2D eigenvalue weighted by Crippen LogP contribution is -2.19. The fourth-order valence-corrected chi connectivity index (χ4v) is 2.13. The third kappa shape index (κ3) is 4.17. The molecule has 0 bridgehead atoms. The van der Waals surface area contributed by atoms with Crippen molar-refractivity contribution in [3.05, 3.63) is 46.8 Å². The van der Waals surface area contributed by atoms with E-state index in [1.165, 1.54) is 16.7 Å². The van der Waals surface area contributed by atoms with Crippen molar-refractivity contribution in [2.24, 2.45) is 5.92 Å². The Kier molecular flexibility index (Phi) is 4.90. The first-order valence-electron chi connectivity index (χ1n) is 7.20. The van der Waals surface area contributed by atoms with Crippen molar-refractivity contribution in [1.29, 1.82) is 0 Å². The van der Waals surface area contributed by atoms with E-state index in [-0.39, 0.29) is 0 Å². The summed E-state index contributed by atoms with van der Waals surface area (Å²) in [6, 6.07) is 6.52. The Morgan fingerprint density at radius 3 is 2.80 bits per heavy atom. The summed E-state index contributed by atoms with van der Waals surface area (Å²) in [7, 11) is 0. The Morgan fingerprint density at radius 1 is 1.25 bits per heavy atom. The first kappa shape index (κ1) is 14.7. The van der Waals surface area contributed by atoms with Gasteiger partial charge in [-0.25, -0.2) is 4.68 Å². The molecule has 108 valence electrons. The second-order valence-electron chi connectivity index (χ2n) is 5.86. The average molecular weight is 272 g/mol. The van der Waals surface area contributed by atoms with Crippen LogP contribution in [0.3, 0.4) is 0 Å². The third-order valence-corrected chi connectivity index (χ3v) is 3.28. The zero-order chi connectivity index (χ0) is 14.5. The van der Waals surface area contributed by atoms with Gasteiger partial charge in [0.2, 0.25) is 0 Å². The second-order valence-corrected chi connectivity index (χ2v) is 5.86. The van der Waals surface area contributed by atoms with Gasteiger partial charge in [0.25, 0.3) is 0 Å². The Bertz CT molecular complexity index is 557. The van der Waals surface area contributed by atoms with Crippen LogP contribution in [0.1, 0.15) is 36.2 Å². The summed E-state index contributed by atoms with van der Waals surface area (Å²) in [5.74, 6) is 0.653. The fraction of sp³-hybridized carbons (Fsp3) is 0.500. The number of aryl methyl sites for hydroxylation is 2. The van der Waals surface area contributed by atoms with Gasteiger partial charge in [0.05, 0.1) is 18.4 Å². The molecule has 0 saturated heterocycles. The van der Waals surface area contributed by atoms with Crippen LogP contribution in [0.25, 0.3) is 0 Å². The highest BCUT2D eigenvalue weighted by Gasteiger charge is 2.04. The molecule has 0 saturated carbocycles. The first-order valence-corrected chi connectivity index (χ1v) is 7.20. The van der Waals surface area contributed by atoms with Crippen molar-refractivity contribution in [2.75, 3.05) is 6.54 Å². The standard InChI is InChI=1S/C16H24N4/c1-12(2)8-17-9-16-11-20(19-18-16)10-15-7-13(3)5-6-14(15)4/h5-7,11-12,17H,8-10H2,1-4H3. The lowest BCUT2D eigenvalue weighted by Gasteiger charge is -2.06. The molecular weight excluding hydrogens is 248 g/mol. The molecule has 0 unspecified atom stereocenters. The second kappa shape index (κ2) is 6.66. The SMILES string of the molecule is Cc1ccc(C)c(Cn2cc(CNCC(C)C)nn2)c1. The van der Waals surface area contributed by atoms with E-state index in [1.807, 2.05) is 10.9 Å². The van der Waals surface area contributed by atoms with Crippen LogP contribution in [0, 0.1) is 19.8 Å². The zero-order valence-corrected chi connectivity index (χ0v) is 12.8. The highest BCUT2D eigenvalue weighted by Crippen LogP contribution is 2.12. The Balaban J connectivity index is 1.97. The monoisotopic (exact) mass is 272 g/mol. The lowest BCUT2D eigenvalue weighted by atomic mass is 10.1. The number of hydrogen-bond donors (Lipinski definition) is 1. The first-order chi connectivity index (χ1) is 9.54. The molecule has 20 heavy (non-hydrogen) atoms. The molecule has 0 amide bonds. The van der Waals surface area contributed by atoms with Gasteiger partial charge in [0.15, 0.2) is 0 Å². The van der Waals surface area contributed by atoms with Gasteiger partial charge in [-0.15, -0.1) is 5.10 Å². The van der Waals surface area contributed by atoms with Gasteiger partial charge in [-0.05, 0) is 37.4 Å². The van der Waals surface area contributed by atoms with E-state index in [9.17, 15) is 0 Å². The maximum absolute atomic E-state index is 4.21. The van der Waals surface area contributed by atoms with E-state index in [4.69, 9.17) is 0 Å². The number of nitrogens with zero attached hydrogens (tertiary/aromatic N) is 3. The van der Waals surface area contributed by atoms with Gasteiger partial charge in [-0.1, -0.05) is 42.8 Å². The smallest absolute Gasteiger partial charge is 0.0964 e. The van der Waals surface area contributed by atoms with Crippen LogP contribution < -0.4 is 5.32 Å². The van der Waals surface area contributed by atoms with Crippen molar-refractivity contribution in [1.82, 2.24) is 20.3 Å². The highest BCUT2D eigenvalue weighted by atomic mass is 15.4. The van der Waals surface area contributed by atoms with Gasteiger partial charge >= 0.3 is 0 Å². The molecule has 0 spiro atoms. The zero-order valence-electron chi connectivity index (χ0n) is 12.8. The van der Waals surface area contributed by atoms with Gasteiger partial charge in [0.1, 0.15) is 0 Å². The van der Waals surface area contributed by atoms with Crippen molar-refractivity contribution in [3.63, 3.8) is 0 Å². The van der Waals surface area contributed by atoms with Crippen molar-refractivity contribution >= 4 is 0 Å². The maximum Gasteiger partial charge on any atom is 0.0964 e. The molecule has 0 aliphatic heterocycles. The number of aromatic nitrogens is 3. The van der Waals surface area contributed by atoms with Crippen LogP contribution in [0.15, 0.2) is 24.4 Å². The predicted molar refractivity (Wildman–Crippen MR) is 81.6 cm³/mol. The van der Waals surface area contributed by atoms with Crippen LogP contribution in [0.5, 0.6) is 0 Å². The summed E-state index contributed by atoms with van der Waals surface area (Å²) < 4.78 is 1.91. The minimum absolute atomic E-state index is 0.653. The van der Waals surface area contributed by atoms with E-state index in [2.05, 4.69) is 61.5 Å². The average Bonchev–Trinajstić information content (AvgIpc) is 2.81. The van der Waals surface area contributed by atoms with Crippen LogP contribution in [-0.4, -0.2) is 21.5 Å². The summed E-state index contributed by atoms with van der Waals surface area (Å²) in [4.78, 5) is 0. The Hall–Kier alpha value is -1.68. The molecule has 0 aliphatic carbocycles. The third-order valence-electron chi connectivity index (χ3n) is 3.28. The van der Waals surface area contributed by atoms with Crippen LogP contribution in [0.2, 0.25) is 0 Å². The summed E-state index contributed by atoms with van der Waals surface area (Å²) in [6.07, 6.45) is 2.02. The van der Waals surface area contributed by atoms with Gasteiger partial charge < -0.3 is 5.32 Å². The van der Waals surface area contributed by atoms with Crippen molar-refractivity contribution in [3.8, 4) is 0 Å². The Labute approximate surface area is 121 Å². The maximum atomic E-state index is 4.21.